The molecular formula is C26H28O5. The molecule has 162 valence electrons. The van der Waals surface area contributed by atoms with E-state index in [1.165, 1.54) is 11.1 Å². The van der Waals surface area contributed by atoms with Crippen LogP contribution in [0, 0.1) is 41.4 Å². The van der Waals surface area contributed by atoms with Gasteiger partial charge in [-0.2, -0.15) is 0 Å². The van der Waals surface area contributed by atoms with Gasteiger partial charge < -0.3 is 9.47 Å². The van der Waals surface area contributed by atoms with Crippen LogP contribution in [0.15, 0.2) is 36.6 Å². The number of rotatable bonds is 2. The summed E-state index contributed by atoms with van der Waals surface area (Å²) in [5.41, 5.74) is 2.55. The van der Waals surface area contributed by atoms with Gasteiger partial charge >= 0.3 is 17.9 Å². The molecule has 6 rings (SSSR count). The first kappa shape index (κ1) is 19.3. The topological polar surface area (TPSA) is 69.7 Å². The molecule has 2 aliphatic heterocycles. The predicted octanol–water partition coefficient (Wildman–Crippen LogP) is 4.33. The van der Waals surface area contributed by atoms with Gasteiger partial charge in [-0.15, -0.1) is 0 Å². The quantitative estimate of drug-likeness (QED) is 0.526. The molecule has 2 heterocycles. The van der Waals surface area contributed by atoms with E-state index in [-0.39, 0.29) is 53.4 Å². The number of carbonyl (C=O) groups excluding carboxylic acids is 3. The molecule has 9 atom stereocenters. The average molecular weight is 421 g/mol. The summed E-state index contributed by atoms with van der Waals surface area (Å²) in [4.78, 5) is 36.6. The molecule has 5 heteroatoms. The molecule has 0 aromatic heterocycles. The standard InChI is InChI=1S/C26H28O5/c1-12-16-7-17(11-22(27)31-25(12)28)19(8-16)14-3-5-15(6-4-14)20-9-18-10-21(20)24-23(18)13(2)30-26(24)29/h3-6,12,16-21,23-24H,2,7-11H2,1H3. The highest BCUT2D eigenvalue weighted by Gasteiger charge is 2.60. The zero-order valence-corrected chi connectivity index (χ0v) is 17.8. The molecule has 9 unspecified atom stereocenters. The Balaban J connectivity index is 1.22. The Kier molecular flexibility index (Phi) is 4.22. The molecule has 2 saturated heterocycles. The summed E-state index contributed by atoms with van der Waals surface area (Å²) in [6, 6.07) is 8.87. The second-order valence-electron chi connectivity index (χ2n) is 10.5. The normalized spacial score (nSPS) is 43.5. The molecular weight excluding hydrogens is 392 g/mol. The number of cyclic esters (lactones) is 3. The summed E-state index contributed by atoms with van der Waals surface area (Å²) < 4.78 is 10.4. The third kappa shape index (κ3) is 2.85. The van der Waals surface area contributed by atoms with E-state index in [0.717, 1.165) is 25.7 Å². The van der Waals surface area contributed by atoms with E-state index in [1.807, 2.05) is 6.92 Å². The van der Waals surface area contributed by atoms with Crippen LogP contribution in [-0.2, 0) is 23.9 Å². The number of esters is 3. The SMILES string of the molecule is C=C1OC(=O)C2C3CC(CC3c3ccc(C4CC5CC4CC(=O)OC(=O)C5C)cc3)C12. The van der Waals surface area contributed by atoms with Crippen LogP contribution in [0.2, 0.25) is 0 Å². The summed E-state index contributed by atoms with van der Waals surface area (Å²) in [5.74, 6) is 1.91. The van der Waals surface area contributed by atoms with Gasteiger partial charge in [-0.3, -0.25) is 14.4 Å². The fraction of sp³-hybridized carbons (Fsp3) is 0.577. The third-order valence-electron chi connectivity index (χ3n) is 9.13. The van der Waals surface area contributed by atoms with Crippen LogP contribution in [0.5, 0.6) is 0 Å². The predicted molar refractivity (Wildman–Crippen MR) is 111 cm³/mol. The maximum absolute atomic E-state index is 12.4. The third-order valence-corrected chi connectivity index (χ3v) is 9.13. The highest BCUT2D eigenvalue weighted by molar-refractivity contribution is 5.87. The van der Waals surface area contributed by atoms with Crippen LogP contribution in [0.1, 0.15) is 62.0 Å². The summed E-state index contributed by atoms with van der Waals surface area (Å²) in [5, 5.41) is 0. The van der Waals surface area contributed by atoms with Gasteiger partial charge in [-0.05, 0) is 72.3 Å². The molecule has 0 amide bonds. The molecule has 0 N–H and O–H groups in total. The van der Waals surface area contributed by atoms with Crippen molar-refractivity contribution in [1.29, 1.82) is 0 Å². The van der Waals surface area contributed by atoms with Gasteiger partial charge in [0.25, 0.3) is 0 Å². The Morgan fingerprint density at radius 3 is 2.19 bits per heavy atom. The minimum Gasteiger partial charge on any atom is -0.431 e. The number of fused-ring (bicyclic) bond motifs is 7. The number of ether oxygens (including phenoxy) is 2. The van der Waals surface area contributed by atoms with Crippen molar-refractivity contribution in [3.05, 3.63) is 47.7 Å². The van der Waals surface area contributed by atoms with Gasteiger partial charge in [0.15, 0.2) is 0 Å². The average Bonchev–Trinajstić information content (AvgIpc) is 3.49. The fourth-order valence-electron chi connectivity index (χ4n) is 7.65. The molecule has 3 saturated carbocycles. The number of carbonyl (C=O) groups is 3. The van der Waals surface area contributed by atoms with E-state index in [2.05, 4.69) is 30.8 Å². The lowest BCUT2D eigenvalue weighted by Gasteiger charge is -2.29. The smallest absolute Gasteiger partial charge is 0.316 e. The molecule has 0 radical (unpaired) electrons. The maximum Gasteiger partial charge on any atom is 0.316 e. The van der Waals surface area contributed by atoms with Crippen molar-refractivity contribution in [3.8, 4) is 0 Å². The molecule has 3 aliphatic carbocycles. The van der Waals surface area contributed by atoms with Gasteiger partial charge in [0, 0.05) is 12.3 Å². The first-order valence-electron chi connectivity index (χ1n) is 11.7. The van der Waals surface area contributed by atoms with E-state index >= 15 is 0 Å². The highest BCUT2D eigenvalue weighted by atomic mass is 16.6. The second-order valence-corrected chi connectivity index (χ2v) is 10.5. The zero-order chi connectivity index (χ0) is 21.4. The van der Waals surface area contributed by atoms with Gasteiger partial charge in [0.2, 0.25) is 0 Å². The van der Waals surface area contributed by atoms with Crippen molar-refractivity contribution >= 4 is 17.9 Å². The van der Waals surface area contributed by atoms with Crippen LogP contribution < -0.4 is 0 Å². The first-order valence-corrected chi connectivity index (χ1v) is 11.7. The van der Waals surface area contributed by atoms with E-state index in [0.29, 0.717) is 29.9 Å². The van der Waals surface area contributed by atoms with Crippen LogP contribution in [0.25, 0.3) is 0 Å². The summed E-state index contributed by atoms with van der Waals surface area (Å²) in [6.07, 6.45) is 4.36. The van der Waals surface area contributed by atoms with Gasteiger partial charge in [0.1, 0.15) is 5.76 Å². The van der Waals surface area contributed by atoms with E-state index in [1.54, 1.807) is 0 Å². The summed E-state index contributed by atoms with van der Waals surface area (Å²) >= 11 is 0. The Labute approximate surface area is 182 Å². The Morgan fingerprint density at radius 2 is 1.45 bits per heavy atom. The van der Waals surface area contributed by atoms with Crippen molar-refractivity contribution in [2.24, 2.45) is 41.4 Å². The highest BCUT2D eigenvalue weighted by Crippen LogP contribution is 2.63. The molecule has 5 nitrogen and oxygen atoms in total. The minimum absolute atomic E-state index is 0.0115. The second kappa shape index (κ2) is 6.78. The van der Waals surface area contributed by atoms with Crippen molar-refractivity contribution in [2.75, 3.05) is 0 Å². The molecule has 0 spiro atoms. The van der Waals surface area contributed by atoms with Gasteiger partial charge in [0.05, 0.1) is 11.8 Å². The lowest BCUT2D eigenvalue weighted by atomic mass is 9.72. The van der Waals surface area contributed by atoms with Gasteiger partial charge in [-0.1, -0.05) is 37.8 Å². The lowest BCUT2D eigenvalue weighted by Crippen LogP contribution is -2.27. The maximum atomic E-state index is 12.4. The van der Waals surface area contributed by atoms with Crippen molar-refractivity contribution in [3.63, 3.8) is 0 Å². The summed E-state index contributed by atoms with van der Waals surface area (Å²) in [6.45, 7) is 5.87. The Morgan fingerprint density at radius 1 is 0.774 bits per heavy atom. The first-order chi connectivity index (χ1) is 14.9. The molecule has 1 aromatic rings. The van der Waals surface area contributed by atoms with E-state index < -0.39 is 0 Å². The van der Waals surface area contributed by atoms with Crippen LogP contribution >= 0.6 is 0 Å². The number of hydrogen-bond acceptors (Lipinski definition) is 5. The van der Waals surface area contributed by atoms with Crippen LogP contribution in [0.3, 0.4) is 0 Å². The van der Waals surface area contributed by atoms with Crippen LogP contribution in [0.4, 0.5) is 0 Å². The summed E-state index contributed by atoms with van der Waals surface area (Å²) in [7, 11) is 0. The van der Waals surface area contributed by atoms with Crippen molar-refractivity contribution in [2.45, 2.75) is 50.9 Å². The molecule has 1 aromatic carbocycles. The molecule has 4 bridgehead atoms. The lowest BCUT2D eigenvalue weighted by molar-refractivity contribution is -0.165. The number of hydrogen-bond donors (Lipinski definition) is 0. The molecule has 5 fully saturated rings. The van der Waals surface area contributed by atoms with E-state index in [9.17, 15) is 14.4 Å². The van der Waals surface area contributed by atoms with Gasteiger partial charge in [-0.25, -0.2) is 0 Å². The monoisotopic (exact) mass is 420 g/mol. The van der Waals surface area contributed by atoms with Crippen LogP contribution in [-0.4, -0.2) is 17.9 Å². The Hall–Kier alpha value is -2.43. The Bertz CT molecular complexity index is 978. The largest absolute Gasteiger partial charge is 0.431 e. The zero-order valence-electron chi connectivity index (χ0n) is 17.8. The van der Waals surface area contributed by atoms with Crippen molar-refractivity contribution in [1.82, 2.24) is 0 Å². The number of benzene rings is 1. The van der Waals surface area contributed by atoms with E-state index in [4.69, 9.17) is 9.47 Å². The number of allylic oxidation sites excluding steroid dienone is 1. The molecule has 5 aliphatic rings. The fourth-order valence-corrected chi connectivity index (χ4v) is 7.65. The van der Waals surface area contributed by atoms with Crippen molar-refractivity contribution < 1.29 is 23.9 Å². The minimum atomic E-state index is -0.384. The molecule has 31 heavy (non-hydrogen) atoms.